The van der Waals surface area contributed by atoms with Gasteiger partial charge in [-0.15, -0.1) is 0 Å². The Labute approximate surface area is 176 Å². The molecular weight excluding hydrogens is 364 g/mol. The number of methoxy groups -OCH3 is 1. The van der Waals surface area contributed by atoms with Gasteiger partial charge in [-0.2, -0.15) is 0 Å². The molecule has 4 aliphatic carbocycles. The van der Waals surface area contributed by atoms with Crippen molar-refractivity contribution < 1.29 is 19.7 Å². The van der Waals surface area contributed by atoms with E-state index in [-0.39, 0.29) is 23.6 Å². The maximum absolute atomic E-state index is 11.6. The van der Waals surface area contributed by atoms with Gasteiger partial charge in [-0.05, 0) is 104 Å². The van der Waals surface area contributed by atoms with E-state index in [0.29, 0.717) is 41.4 Å². The van der Waals surface area contributed by atoms with Gasteiger partial charge in [0.1, 0.15) is 0 Å². The van der Waals surface area contributed by atoms with E-state index in [1.54, 1.807) is 0 Å². The molecule has 166 valence electrons. The first-order chi connectivity index (χ1) is 13.7. The first-order valence-electron chi connectivity index (χ1n) is 12.1. The molecule has 0 aromatic heterocycles. The highest BCUT2D eigenvalue weighted by Crippen LogP contribution is 2.68. The van der Waals surface area contributed by atoms with E-state index < -0.39 is 0 Å². The van der Waals surface area contributed by atoms with Gasteiger partial charge in [0, 0.05) is 6.42 Å². The molecule has 0 spiro atoms. The van der Waals surface area contributed by atoms with Crippen LogP contribution in [0.1, 0.15) is 85.0 Å². The number of aliphatic hydroxyl groups is 2. The number of hydrogen-bond acceptors (Lipinski definition) is 4. The number of aliphatic hydroxyl groups excluding tert-OH is 2. The molecule has 4 fully saturated rings. The van der Waals surface area contributed by atoms with Crippen LogP contribution in [0, 0.1) is 46.3 Å². The van der Waals surface area contributed by atoms with Crippen LogP contribution in [0.5, 0.6) is 0 Å². The van der Waals surface area contributed by atoms with Crippen LogP contribution < -0.4 is 0 Å². The number of esters is 1. The summed E-state index contributed by atoms with van der Waals surface area (Å²) in [7, 11) is 1.46. The summed E-state index contributed by atoms with van der Waals surface area (Å²) >= 11 is 0. The van der Waals surface area contributed by atoms with E-state index >= 15 is 0 Å². The van der Waals surface area contributed by atoms with Crippen LogP contribution in [-0.2, 0) is 9.53 Å². The second kappa shape index (κ2) is 7.82. The van der Waals surface area contributed by atoms with Gasteiger partial charge in [-0.25, -0.2) is 0 Å². The molecule has 0 unspecified atom stereocenters. The van der Waals surface area contributed by atoms with Crippen molar-refractivity contribution in [3.63, 3.8) is 0 Å². The molecule has 4 saturated carbocycles. The maximum atomic E-state index is 11.6. The zero-order valence-corrected chi connectivity index (χ0v) is 18.9. The van der Waals surface area contributed by atoms with Crippen molar-refractivity contribution in [1.82, 2.24) is 0 Å². The number of fused-ring (bicyclic) bond motifs is 5. The van der Waals surface area contributed by atoms with Crippen LogP contribution in [0.4, 0.5) is 0 Å². The van der Waals surface area contributed by atoms with E-state index in [1.807, 2.05) is 0 Å². The second-order valence-corrected chi connectivity index (χ2v) is 11.5. The lowest BCUT2D eigenvalue weighted by atomic mass is 9.43. The predicted octanol–water partition coefficient (Wildman–Crippen LogP) is 4.57. The standard InChI is InChI=1S/C25H42O4/c1-15(5-10-23(28)29-4)19-8-9-20-18-7-6-16-13-17(26)11-12-24(16,2)21(18)14-22(27)25(19,20)3/h15-22,26-27H,5-14H2,1-4H3/t15-,16-,17+,18-,19-,20+,21+,22+,24-,25-/m0/s1. The van der Waals surface area contributed by atoms with Crippen LogP contribution >= 0.6 is 0 Å². The molecule has 4 nitrogen and oxygen atoms in total. The summed E-state index contributed by atoms with van der Waals surface area (Å²) < 4.78 is 4.85. The fraction of sp³-hybridized carbons (Fsp3) is 0.960. The first-order valence-corrected chi connectivity index (χ1v) is 12.1. The average Bonchev–Trinajstić information content (AvgIpc) is 3.06. The summed E-state index contributed by atoms with van der Waals surface area (Å²) in [6.07, 6.45) is 9.86. The van der Waals surface area contributed by atoms with E-state index in [1.165, 1.54) is 32.8 Å². The van der Waals surface area contributed by atoms with Gasteiger partial charge in [0.2, 0.25) is 0 Å². The summed E-state index contributed by atoms with van der Waals surface area (Å²) in [5.41, 5.74) is 0.271. The quantitative estimate of drug-likeness (QED) is 0.671. The van der Waals surface area contributed by atoms with Gasteiger partial charge in [0.15, 0.2) is 0 Å². The molecule has 0 aromatic rings. The zero-order valence-electron chi connectivity index (χ0n) is 18.9. The Morgan fingerprint density at radius 3 is 2.55 bits per heavy atom. The van der Waals surface area contributed by atoms with Crippen LogP contribution in [-0.4, -0.2) is 35.5 Å². The van der Waals surface area contributed by atoms with Crippen molar-refractivity contribution in [2.75, 3.05) is 7.11 Å². The third kappa shape index (κ3) is 3.37. The summed E-state index contributed by atoms with van der Waals surface area (Å²) in [6, 6.07) is 0. The Morgan fingerprint density at radius 1 is 1.07 bits per heavy atom. The van der Waals surface area contributed by atoms with E-state index in [4.69, 9.17) is 4.74 Å². The first kappa shape index (κ1) is 21.6. The summed E-state index contributed by atoms with van der Waals surface area (Å²) in [5.74, 6) is 3.36. The Kier molecular flexibility index (Phi) is 5.83. The van der Waals surface area contributed by atoms with Gasteiger partial charge in [-0.3, -0.25) is 4.79 Å². The number of carbonyl (C=O) groups is 1. The number of rotatable bonds is 4. The number of carbonyl (C=O) groups excluding carboxylic acids is 1. The van der Waals surface area contributed by atoms with Crippen LogP contribution in [0.25, 0.3) is 0 Å². The van der Waals surface area contributed by atoms with Crippen molar-refractivity contribution in [3.05, 3.63) is 0 Å². The third-order valence-corrected chi connectivity index (χ3v) is 10.5. The van der Waals surface area contributed by atoms with Crippen molar-refractivity contribution >= 4 is 5.97 Å². The maximum Gasteiger partial charge on any atom is 0.305 e. The Balaban J connectivity index is 1.53. The van der Waals surface area contributed by atoms with Crippen LogP contribution in [0.3, 0.4) is 0 Å². The van der Waals surface area contributed by atoms with E-state index in [2.05, 4.69) is 20.8 Å². The van der Waals surface area contributed by atoms with Gasteiger partial charge >= 0.3 is 5.97 Å². The highest BCUT2D eigenvalue weighted by atomic mass is 16.5. The largest absolute Gasteiger partial charge is 0.469 e. The molecule has 0 aromatic carbocycles. The molecule has 0 bridgehead atoms. The molecule has 2 N–H and O–H groups in total. The minimum absolute atomic E-state index is 0.0198. The fourth-order valence-electron chi connectivity index (χ4n) is 8.81. The average molecular weight is 407 g/mol. The SMILES string of the molecule is COC(=O)CC[C@H](C)[C@@H]1CC[C@@H]2[C@@H]3CC[C@H]4C[C@H](O)CC[C@]4(C)[C@@H]3C[C@@H](O)[C@]21C. The Morgan fingerprint density at radius 2 is 1.83 bits per heavy atom. The zero-order chi connectivity index (χ0) is 21.0. The monoisotopic (exact) mass is 406 g/mol. The van der Waals surface area contributed by atoms with E-state index in [0.717, 1.165) is 38.0 Å². The lowest BCUT2D eigenvalue weighted by molar-refractivity contribution is -0.175. The van der Waals surface area contributed by atoms with Crippen LogP contribution in [0.15, 0.2) is 0 Å². The predicted molar refractivity (Wildman–Crippen MR) is 113 cm³/mol. The molecule has 0 amide bonds. The van der Waals surface area contributed by atoms with Crippen molar-refractivity contribution in [3.8, 4) is 0 Å². The molecule has 29 heavy (non-hydrogen) atoms. The molecular formula is C25H42O4. The molecule has 0 saturated heterocycles. The van der Waals surface area contributed by atoms with Gasteiger partial charge < -0.3 is 14.9 Å². The summed E-state index contributed by atoms with van der Waals surface area (Å²) in [4.78, 5) is 11.6. The minimum atomic E-state index is -0.246. The molecule has 4 heteroatoms. The highest BCUT2D eigenvalue weighted by molar-refractivity contribution is 5.69. The summed E-state index contributed by atoms with van der Waals surface area (Å²) in [5, 5.41) is 21.8. The third-order valence-electron chi connectivity index (χ3n) is 10.5. The number of hydrogen-bond donors (Lipinski definition) is 2. The Bertz CT molecular complexity index is 620. The van der Waals surface area contributed by atoms with Gasteiger partial charge in [-0.1, -0.05) is 20.8 Å². The molecule has 4 rings (SSSR count). The molecule has 0 radical (unpaired) electrons. The smallest absolute Gasteiger partial charge is 0.305 e. The Hall–Kier alpha value is -0.610. The second-order valence-electron chi connectivity index (χ2n) is 11.5. The lowest BCUT2D eigenvalue weighted by Crippen LogP contribution is -2.58. The van der Waals surface area contributed by atoms with Crippen molar-refractivity contribution in [2.24, 2.45) is 46.3 Å². The molecule has 4 aliphatic rings. The number of ether oxygens (including phenoxy) is 1. The van der Waals surface area contributed by atoms with Crippen molar-refractivity contribution in [2.45, 2.75) is 97.2 Å². The normalized spacial score (nSPS) is 50.2. The van der Waals surface area contributed by atoms with Crippen LogP contribution in [0.2, 0.25) is 0 Å². The van der Waals surface area contributed by atoms with Crippen molar-refractivity contribution in [1.29, 1.82) is 0 Å². The molecule has 0 aliphatic heterocycles. The topological polar surface area (TPSA) is 66.8 Å². The minimum Gasteiger partial charge on any atom is -0.469 e. The fourth-order valence-corrected chi connectivity index (χ4v) is 8.81. The highest BCUT2D eigenvalue weighted by Gasteiger charge is 2.63. The van der Waals surface area contributed by atoms with Gasteiger partial charge in [0.05, 0.1) is 19.3 Å². The van der Waals surface area contributed by atoms with E-state index in [9.17, 15) is 15.0 Å². The molecule has 10 atom stereocenters. The summed E-state index contributed by atoms with van der Waals surface area (Å²) in [6.45, 7) is 7.12. The molecule has 0 heterocycles. The lowest BCUT2D eigenvalue weighted by Gasteiger charge is -2.62. The van der Waals surface area contributed by atoms with Gasteiger partial charge in [0.25, 0.3) is 0 Å².